The molecular weight excluding hydrogens is 292 g/mol. The van der Waals surface area contributed by atoms with Crippen LogP contribution < -0.4 is 10.1 Å². The maximum absolute atomic E-state index is 11.8. The van der Waals surface area contributed by atoms with Crippen LogP contribution in [0.2, 0.25) is 5.02 Å². The van der Waals surface area contributed by atoms with Gasteiger partial charge in [-0.05, 0) is 30.3 Å². The van der Waals surface area contributed by atoms with E-state index in [2.05, 4.69) is 15.5 Å². The molecule has 0 spiro atoms. The smallest absolute Gasteiger partial charge is 0.322 e. The van der Waals surface area contributed by atoms with Gasteiger partial charge in [0.25, 0.3) is 5.91 Å². The van der Waals surface area contributed by atoms with E-state index in [1.807, 2.05) is 12.1 Å². The second kappa shape index (κ2) is 5.80. The molecule has 0 atom stereocenters. The van der Waals surface area contributed by atoms with Gasteiger partial charge in [-0.1, -0.05) is 28.8 Å². The van der Waals surface area contributed by atoms with Crippen molar-refractivity contribution in [3.8, 4) is 6.01 Å². The van der Waals surface area contributed by atoms with Crippen molar-refractivity contribution >= 4 is 28.8 Å². The summed E-state index contributed by atoms with van der Waals surface area (Å²) in [6, 6.07) is 12.6. The molecule has 0 fully saturated rings. The lowest BCUT2D eigenvalue weighted by molar-refractivity contribution is -0.118. The van der Waals surface area contributed by atoms with Crippen molar-refractivity contribution in [3.63, 3.8) is 0 Å². The Balaban J connectivity index is 1.63. The van der Waals surface area contributed by atoms with Crippen LogP contribution in [0.1, 0.15) is 0 Å². The van der Waals surface area contributed by atoms with Gasteiger partial charge >= 0.3 is 6.01 Å². The van der Waals surface area contributed by atoms with Gasteiger partial charge in [0.15, 0.2) is 12.3 Å². The zero-order valence-electron chi connectivity index (χ0n) is 10.9. The standard InChI is InChI=1S/C14H11ClN4O2/c15-10-4-3-5-11(8-10)16-13(20)9-21-14-18-17-12-6-1-2-7-19(12)14/h1-8H,9H2,(H,16,20). The number of ether oxygens (including phenoxy) is 1. The summed E-state index contributed by atoms with van der Waals surface area (Å²) >= 11 is 5.85. The van der Waals surface area contributed by atoms with Crippen LogP contribution in [0.25, 0.3) is 5.65 Å². The molecule has 2 heterocycles. The number of carbonyl (C=O) groups is 1. The number of fused-ring (bicyclic) bond motifs is 1. The highest BCUT2D eigenvalue weighted by atomic mass is 35.5. The number of rotatable bonds is 4. The molecule has 6 nitrogen and oxygen atoms in total. The molecule has 0 aliphatic heterocycles. The van der Waals surface area contributed by atoms with Crippen molar-refractivity contribution in [3.05, 3.63) is 53.7 Å². The Morgan fingerprint density at radius 2 is 2.14 bits per heavy atom. The highest BCUT2D eigenvalue weighted by Gasteiger charge is 2.09. The minimum atomic E-state index is -0.301. The van der Waals surface area contributed by atoms with Crippen molar-refractivity contribution in [2.75, 3.05) is 11.9 Å². The lowest BCUT2D eigenvalue weighted by Gasteiger charge is -2.06. The molecule has 1 N–H and O–H groups in total. The van der Waals surface area contributed by atoms with Gasteiger partial charge in [-0.15, -0.1) is 5.10 Å². The third kappa shape index (κ3) is 3.11. The minimum Gasteiger partial charge on any atom is -0.453 e. The second-order valence-corrected chi connectivity index (χ2v) is 4.70. The summed E-state index contributed by atoms with van der Waals surface area (Å²) in [6.07, 6.45) is 1.76. The summed E-state index contributed by atoms with van der Waals surface area (Å²) in [6.45, 7) is -0.164. The van der Waals surface area contributed by atoms with Crippen molar-refractivity contribution in [2.45, 2.75) is 0 Å². The molecule has 0 radical (unpaired) electrons. The number of hydrogen-bond acceptors (Lipinski definition) is 4. The Morgan fingerprint density at radius 1 is 1.24 bits per heavy atom. The van der Waals surface area contributed by atoms with Crippen LogP contribution in [0.4, 0.5) is 5.69 Å². The van der Waals surface area contributed by atoms with Gasteiger partial charge in [0, 0.05) is 16.9 Å². The van der Waals surface area contributed by atoms with Crippen LogP contribution >= 0.6 is 11.6 Å². The summed E-state index contributed by atoms with van der Waals surface area (Å²) in [5.41, 5.74) is 1.27. The van der Waals surface area contributed by atoms with Crippen molar-refractivity contribution in [1.82, 2.24) is 14.6 Å². The number of hydrogen-bond donors (Lipinski definition) is 1. The SMILES string of the molecule is O=C(COc1nnc2ccccn12)Nc1cccc(Cl)c1. The van der Waals surface area contributed by atoms with E-state index in [0.717, 1.165) is 0 Å². The van der Waals surface area contributed by atoms with Crippen LogP contribution in [0.3, 0.4) is 0 Å². The summed E-state index contributed by atoms with van der Waals surface area (Å²) in [4.78, 5) is 11.8. The molecule has 21 heavy (non-hydrogen) atoms. The van der Waals surface area contributed by atoms with E-state index in [9.17, 15) is 4.79 Å². The maximum Gasteiger partial charge on any atom is 0.322 e. The van der Waals surface area contributed by atoms with Crippen molar-refractivity contribution < 1.29 is 9.53 Å². The lowest BCUT2D eigenvalue weighted by atomic mass is 10.3. The van der Waals surface area contributed by atoms with E-state index in [-0.39, 0.29) is 18.5 Å². The van der Waals surface area contributed by atoms with E-state index >= 15 is 0 Å². The highest BCUT2D eigenvalue weighted by Crippen LogP contribution is 2.15. The molecule has 1 amide bonds. The molecular formula is C14H11ClN4O2. The zero-order chi connectivity index (χ0) is 14.7. The molecule has 0 unspecified atom stereocenters. The molecule has 1 aromatic carbocycles. The fourth-order valence-electron chi connectivity index (χ4n) is 1.81. The summed E-state index contributed by atoms with van der Waals surface area (Å²) in [5.74, 6) is -0.301. The maximum atomic E-state index is 11.8. The molecule has 0 aliphatic rings. The Labute approximate surface area is 125 Å². The van der Waals surface area contributed by atoms with Crippen LogP contribution in [0, 0.1) is 0 Å². The van der Waals surface area contributed by atoms with Crippen molar-refractivity contribution in [1.29, 1.82) is 0 Å². The first-order valence-electron chi connectivity index (χ1n) is 6.20. The molecule has 0 aliphatic carbocycles. The normalized spacial score (nSPS) is 10.5. The van der Waals surface area contributed by atoms with Gasteiger partial charge in [-0.3, -0.25) is 9.20 Å². The molecule has 7 heteroatoms. The summed E-state index contributed by atoms with van der Waals surface area (Å²) < 4.78 is 7.03. The minimum absolute atomic E-state index is 0.164. The first-order valence-corrected chi connectivity index (χ1v) is 6.58. The predicted octanol–water partition coefficient (Wildman–Crippen LogP) is 2.40. The number of anilines is 1. The van der Waals surface area contributed by atoms with E-state index in [1.165, 1.54) is 0 Å². The zero-order valence-corrected chi connectivity index (χ0v) is 11.6. The number of nitrogens with zero attached hydrogens (tertiary/aromatic N) is 3. The Bertz CT molecular complexity index is 787. The first-order chi connectivity index (χ1) is 10.2. The molecule has 3 aromatic rings. The molecule has 0 bridgehead atoms. The van der Waals surface area contributed by atoms with Crippen LogP contribution in [-0.2, 0) is 4.79 Å². The van der Waals surface area contributed by atoms with Crippen LogP contribution in [0.15, 0.2) is 48.7 Å². The third-order valence-electron chi connectivity index (χ3n) is 2.72. The average Bonchev–Trinajstić information content (AvgIpc) is 2.88. The number of nitrogens with one attached hydrogen (secondary N) is 1. The lowest BCUT2D eigenvalue weighted by Crippen LogP contribution is -2.20. The van der Waals surface area contributed by atoms with Gasteiger partial charge in [0.1, 0.15) is 0 Å². The Kier molecular flexibility index (Phi) is 3.70. The molecule has 106 valence electrons. The first kappa shape index (κ1) is 13.4. The van der Waals surface area contributed by atoms with Gasteiger partial charge in [0.2, 0.25) is 0 Å². The van der Waals surface area contributed by atoms with Crippen LogP contribution in [-0.4, -0.2) is 27.1 Å². The number of amides is 1. The average molecular weight is 303 g/mol. The van der Waals surface area contributed by atoms with Gasteiger partial charge in [0.05, 0.1) is 0 Å². The largest absolute Gasteiger partial charge is 0.453 e. The number of carbonyl (C=O) groups excluding carboxylic acids is 1. The van der Waals surface area contributed by atoms with Gasteiger partial charge in [-0.2, -0.15) is 0 Å². The van der Waals surface area contributed by atoms with Crippen molar-refractivity contribution in [2.24, 2.45) is 0 Å². The highest BCUT2D eigenvalue weighted by molar-refractivity contribution is 6.30. The number of pyridine rings is 1. The topological polar surface area (TPSA) is 68.5 Å². The number of aromatic nitrogens is 3. The quantitative estimate of drug-likeness (QED) is 0.803. The number of halogens is 1. The summed E-state index contributed by atoms with van der Waals surface area (Å²) in [5, 5.41) is 11.0. The van der Waals surface area contributed by atoms with E-state index in [4.69, 9.17) is 16.3 Å². The molecule has 2 aromatic heterocycles. The second-order valence-electron chi connectivity index (χ2n) is 4.26. The fraction of sp³-hybridized carbons (Fsp3) is 0.0714. The molecule has 3 rings (SSSR count). The van der Waals surface area contributed by atoms with E-state index < -0.39 is 0 Å². The van der Waals surface area contributed by atoms with Crippen LogP contribution in [0.5, 0.6) is 6.01 Å². The monoisotopic (exact) mass is 302 g/mol. The molecule has 0 saturated carbocycles. The Hall–Kier alpha value is -2.60. The van der Waals surface area contributed by atoms with Gasteiger partial charge in [-0.25, -0.2) is 0 Å². The molecule has 0 saturated heterocycles. The van der Waals surface area contributed by atoms with Gasteiger partial charge < -0.3 is 10.1 Å². The number of benzene rings is 1. The van der Waals surface area contributed by atoms with E-state index in [0.29, 0.717) is 16.4 Å². The summed E-state index contributed by atoms with van der Waals surface area (Å²) in [7, 11) is 0. The fourth-order valence-corrected chi connectivity index (χ4v) is 2.00. The predicted molar refractivity (Wildman–Crippen MR) is 78.6 cm³/mol. The Morgan fingerprint density at radius 3 is 3.00 bits per heavy atom. The van der Waals surface area contributed by atoms with E-state index in [1.54, 1.807) is 40.9 Å². The third-order valence-corrected chi connectivity index (χ3v) is 2.96.